The number of amides is 1. The van der Waals surface area contributed by atoms with Crippen molar-refractivity contribution in [3.63, 3.8) is 0 Å². The minimum absolute atomic E-state index is 0.0441. The molecule has 2 aromatic rings. The van der Waals surface area contributed by atoms with Gasteiger partial charge in [0.15, 0.2) is 0 Å². The number of hydrogen-bond donors (Lipinski definition) is 1. The quantitative estimate of drug-likeness (QED) is 0.699. The standard InChI is InChI=1S/C23H25N3O5S/c1-15(2)31-23(28)16-7-10-18(11-8-16)24-22(27)17-9-12-19-20(14-17)32(29,30)25-21-6-4-3-5-13-26(19)21/h7-12,14-15H,3-6,13H2,1-2H3,(H,24,27). The predicted octanol–water partition coefficient (Wildman–Crippen LogP) is 3.99. The molecule has 168 valence electrons. The van der Waals surface area contributed by atoms with Crippen LogP contribution in [0.5, 0.6) is 0 Å². The summed E-state index contributed by atoms with van der Waals surface area (Å²) in [7, 11) is -3.87. The van der Waals surface area contributed by atoms with Gasteiger partial charge in [-0.2, -0.15) is 8.42 Å². The molecule has 0 aliphatic carbocycles. The van der Waals surface area contributed by atoms with E-state index in [-0.39, 0.29) is 16.6 Å². The summed E-state index contributed by atoms with van der Waals surface area (Å²) in [5.41, 5.74) is 1.64. The number of sulfonamides is 1. The third kappa shape index (κ3) is 4.52. The Morgan fingerprint density at radius 3 is 2.47 bits per heavy atom. The molecule has 0 radical (unpaired) electrons. The van der Waals surface area contributed by atoms with Crippen molar-refractivity contribution >= 4 is 39.1 Å². The Balaban J connectivity index is 1.55. The second-order valence-corrected chi connectivity index (χ2v) is 9.69. The highest BCUT2D eigenvalue weighted by molar-refractivity contribution is 7.90. The number of nitrogens with one attached hydrogen (secondary N) is 1. The van der Waals surface area contributed by atoms with Crippen molar-refractivity contribution in [3.8, 4) is 0 Å². The highest BCUT2D eigenvalue weighted by Crippen LogP contribution is 2.35. The summed E-state index contributed by atoms with van der Waals surface area (Å²) in [6.45, 7) is 4.24. The zero-order valence-corrected chi connectivity index (χ0v) is 18.8. The van der Waals surface area contributed by atoms with Gasteiger partial charge < -0.3 is 15.0 Å². The maximum absolute atomic E-state index is 12.8. The molecule has 32 heavy (non-hydrogen) atoms. The normalized spacial score (nSPS) is 17.0. The van der Waals surface area contributed by atoms with Gasteiger partial charge in [-0.05, 0) is 69.2 Å². The molecule has 4 rings (SSSR count). The summed E-state index contributed by atoms with van der Waals surface area (Å²) in [5.74, 6) is -0.319. The molecule has 2 aliphatic rings. The molecule has 1 saturated heterocycles. The van der Waals surface area contributed by atoms with Crippen molar-refractivity contribution in [2.45, 2.75) is 50.5 Å². The fraction of sp³-hybridized carbons (Fsp3) is 0.348. The maximum atomic E-state index is 12.8. The monoisotopic (exact) mass is 455 g/mol. The van der Waals surface area contributed by atoms with Gasteiger partial charge in [0.1, 0.15) is 10.7 Å². The molecule has 0 unspecified atom stereocenters. The minimum Gasteiger partial charge on any atom is -0.459 e. The number of esters is 1. The highest BCUT2D eigenvalue weighted by atomic mass is 32.2. The fourth-order valence-corrected chi connectivity index (χ4v) is 5.08. The number of amidine groups is 1. The lowest BCUT2D eigenvalue weighted by Crippen LogP contribution is -2.35. The summed E-state index contributed by atoms with van der Waals surface area (Å²) >= 11 is 0. The Labute approximate surface area is 187 Å². The Hall–Kier alpha value is -3.20. The van der Waals surface area contributed by atoms with Gasteiger partial charge in [-0.15, -0.1) is 4.40 Å². The molecule has 0 atom stereocenters. The van der Waals surface area contributed by atoms with E-state index in [0.717, 1.165) is 19.3 Å². The van der Waals surface area contributed by atoms with Crippen molar-refractivity contribution < 1.29 is 22.7 Å². The van der Waals surface area contributed by atoms with E-state index in [4.69, 9.17) is 4.74 Å². The number of rotatable bonds is 4. The van der Waals surface area contributed by atoms with Crippen LogP contribution in [0.15, 0.2) is 51.8 Å². The molecule has 0 aromatic heterocycles. The number of carbonyl (C=O) groups excluding carboxylic acids is 2. The largest absolute Gasteiger partial charge is 0.459 e. The van der Waals surface area contributed by atoms with E-state index in [2.05, 4.69) is 9.71 Å². The van der Waals surface area contributed by atoms with Crippen molar-refractivity contribution in [1.82, 2.24) is 0 Å². The van der Waals surface area contributed by atoms with Gasteiger partial charge in [0.2, 0.25) is 0 Å². The minimum atomic E-state index is -3.87. The Bertz CT molecular complexity index is 1190. The number of fused-ring (bicyclic) bond motifs is 3. The molecule has 2 heterocycles. The van der Waals surface area contributed by atoms with Crippen LogP contribution in [0.1, 0.15) is 60.2 Å². The van der Waals surface area contributed by atoms with E-state index in [1.165, 1.54) is 6.07 Å². The van der Waals surface area contributed by atoms with Crippen LogP contribution >= 0.6 is 0 Å². The van der Waals surface area contributed by atoms with Crippen molar-refractivity contribution in [2.24, 2.45) is 4.40 Å². The second-order valence-electron chi connectivity index (χ2n) is 8.11. The van der Waals surface area contributed by atoms with Crippen molar-refractivity contribution in [2.75, 3.05) is 16.8 Å². The van der Waals surface area contributed by atoms with Gasteiger partial charge in [-0.25, -0.2) is 4.79 Å². The molecule has 9 heteroatoms. The summed E-state index contributed by atoms with van der Waals surface area (Å²) < 4.78 is 34.7. The van der Waals surface area contributed by atoms with Crippen LogP contribution in [0.4, 0.5) is 11.4 Å². The van der Waals surface area contributed by atoms with E-state index < -0.39 is 21.9 Å². The molecule has 0 spiro atoms. The van der Waals surface area contributed by atoms with Crippen LogP contribution in [-0.2, 0) is 14.8 Å². The van der Waals surface area contributed by atoms with Crippen LogP contribution in [0.2, 0.25) is 0 Å². The van der Waals surface area contributed by atoms with Gasteiger partial charge in [0.25, 0.3) is 15.9 Å². The molecule has 1 fully saturated rings. The van der Waals surface area contributed by atoms with Crippen LogP contribution < -0.4 is 10.2 Å². The third-order valence-electron chi connectivity index (χ3n) is 5.33. The zero-order valence-electron chi connectivity index (χ0n) is 18.0. The molecule has 0 saturated carbocycles. The Morgan fingerprint density at radius 1 is 1.03 bits per heavy atom. The molecular formula is C23H25N3O5S. The Morgan fingerprint density at radius 2 is 1.75 bits per heavy atom. The van der Waals surface area contributed by atoms with Gasteiger partial charge in [-0.3, -0.25) is 4.79 Å². The SMILES string of the molecule is CC(C)OC(=O)c1ccc(NC(=O)c2ccc3c(c2)S(=O)(=O)N=C2CCCCCN23)cc1. The summed E-state index contributed by atoms with van der Waals surface area (Å²) in [6, 6.07) is 11.0. The number of nitrogens with zero attached hydrogens (tertiary/aromatic N) is 2. The molecule has 8 nitrogen and oxygen atoms in total. The second kappa shape index (κ2) is 8.74. The first-order valence-electron chi connectivity index (χ1n) is 10.6. The Kier molecular flexibility index (Phi) is 6.01. The third-order valence-corrected chi connectivity index (χ3v) is 6.67. The molecular weight excluding hydrogens is 430 g/mol. The lowest BCUT2D eigenvalue weighted by molar-refractivity contribution is 0.0378. The highest BCUT2D eigenvalue weighted by Gasteiger charge is 2.32. The first kappa shape index (κ1) is 22.0. The van der Waals surface area contributed by atoms with E-state index in [1.807, 2.05) is 4.90 Å². The van der Waals surface area contributed by atoms with Crippen LogP contribution in [0.3, 0.4) is 0 Å². The maximum Gasteiger partial charge on any atom is 0.338 e. The van der Waals surface area contributed by atoms with E-state index >= 15 is 0 Å². The zero-order chi connectivity index (χ0) is 22.9. The number of benzene rings is 2. The molecule has 2 aromatic carbocycles. The average molecular weight is 456 g/mol. The topological polar surface area (TPSA) is 105 Å². The molecule has 0 bridgehead atoms. The van der Waals surface area contributed by atoms with Gasteiger partial charge >= 0.3 is 5.97 Å². The van der Waals surface area contributed by atoms with Gasteiger partial charge in [-0.1, -0.05) is 6.42 Å². The van der Waals surface area contributed by atoms with Crippen molar-refractivity contribution in [3.05, 3.63) is 53.6 Å². The number of ether oxygens (including phenoxy) is 1. The summed E-state index contributed by atoms with van der Waals surface area (Å²) in [5, 5.41) is 2.73. The lowest BCUT2D eigenvalue weighted by atomic mass is 10.1. The molecule has 2 aliphatic heterocycles. The van der Waals surface area contributed by atoms with Crippen LogP contribution in [0, 0.1) is 0 Å². The molecule has 1 amide bonds. The van der Waals surface area contributed by atoms with Gasteiger partial charge in [0, 0.05) is 24.2 Å². The summed E-state index contributed by atoms with van der Waals surface area (Å²) in [6.07, 6.45) is 3.30. The number of anilines is 2. The smallest absolute Gasteiger partial charge is 0.338 e. The van der Waals surface area contributed by atoms with Crippen LogP contribution in [0.25, 0.3) is 0 Å². The predicted molar refractivity (Wildman–Crippen MR) is 122 cm³/mol. The first-order chi connectivity index (χ1) is 15.2. The van der Waals surface area contributed by atoms with E-state index in [9.17, 15) is 18.0 Å². The fourth-order valence-electron chi connectivity index (χ4n) is 3.80. The van der Waals surface area contributed by atoms with Crippen molar-refractivity contribution in [1.29, 1.82) is 0 Å². The van der Waals surface area contributed by atoms with Gasteiger partial charge in [0.05, 0.1) is 17.4 Å². The first-order valence-corrected chi connectivity index (χ1v) is 12.1. The van der Waals surface area contributed by atoms with E-state index in [1.54, 1.807) is 50.2 Å². The van der Waals surface area contributed by atoms with Crippen LogP contribution in [-0.4, -0.2) is 38.8 Å². The number of hydrogen-bond acceptors (Lipinski definition) is 6. The molecule has 1 N–H and O–H groups in total. The lowest BCUT2D eigenvalue weighted by Gasteiger charge is -2.29. The average Bonchev–Trinajstić information content (AvgIpc) is 2.98. The number of carbonyl (C=O) groups is 2. The van der Waals surface area contributed by atoms with E-state index in [0.29, 0.717) is 35.7 Å². The summed E-state index contributed by atoms with van der Waals surface area (Å²) in [4.78, 5) is 26.7.